The topological polar surface area (TPSA) is 112 Å². The molecule has 0 aliphatic heterocycles. The van der Waals surface area contributed by atoms with E-state index in [2.05, 4.69) is 10.3 Å². The molecule has 1 aromatic heterocycles. The van der Waals surface area contributed by atoms with Crippen molar-refractivity contribution in [2.45, 2.75) is 38.8 Å². The van der Waals surface area contributed by atoms with Crippen LogP contribution in [0.2, 0.25) is 0 Å². The molecule has 0 aliphatic carbocycles. The summed E-state index contributed by atoms with van der Waals surface area (Å²) in [5, 5.41) is 20.2. The number of ether oxygens (including phenoxy) is 1. The molecule has 0 saturated heterocycles. The van der Waals surface area contributed by atoms with Crippen molar-refractivity contribution >= 4 is 12.1 Å². The Kier molecular flexibility index (Phi) is 5.24. The first-order valence-corrected chi connectivity index (χ1v) is 6.28. The molecule has 0 spiro atoms. The Morgan fingerprint density at radius 2 is 2.19 bits per heavy atom. The Labute approximate surface area is 122 Å². The molecule has 2 N–H and O–H groups in total. The zero-order valence-corrected chi connectivity index (χ0v) is 12.1. The van der Waals surface area contributed by atoms with Gasteiger partial charge in [-0.25, -0.2) is 9.59 Å². The zero-order chi connectivity index (χ0) is 16.0. The lowest BCUT2D eigenvalue weighted by molar-refractivity contribution is -0.139. The number of nitrogens with zero attached hydrogens (tertiary/aromatic N) is 2. The van der Waals surface area contributed by atoms with Gasteiger partial charge < -0.3 is 15.2 Å². The molecule has 1 rings (SSSR count). The van der Waals surface area contributed by atoms with Crippen LogP contribution in [-0.2, 0) is 16.0 Å². The van der Waals surface area contributed by atoms with Crippen molar-refractivity contribution < 1.29 is 19.4 Å². The Bertz CT molecular complexity index is 572. The van der Waals surface area contributed by atoms with E-state index >= 15 is 0 Å². The maximum absolute atomic E-state index is 11.6. The third-order valence-electron chi connectivity index (χ3n) is 2.35. The molecule has 1 atom stereocenters. The zero-order valence-electron chi connectivity index (χ0n) is 12.1. The third-order valence-corrected chi connectivity index (χ3v) is 2.35. The summed E-state index contributed by atoms with van der Waals surface area (Å²) in [6.07, 6.45) is 0.566. The molecule has 0 unspecified atom stereocenters. The standard InChI is InChI=1S/C14H17N3O4/c1-14(2,3)21-13(20)17-11(12(18)19)7-10-6-9(8-15)4-5-16-10/h4-6,11H,7H2,1-3H3,(H,17,20)(H,18,19)/t11-/m0/s1. The SMILES string of the molecule is CC(C)(C)OC(=O)N[C@@H](Cc1cc(C#N)ccn1)C(=O)O. The number of nitrogens with one attached hydrogen (secondary N) is 1. The fraction of sp³-hybridized carbons (Fsp3) is 0.429. The highest BCUT2D eigenvalue weighted by Gasteiger charge is 2.24. The number of rotatable bonds is 4. The quantitative estimate of drug-likeness (QED) is 0.868. The van der Waals surface area contributed by atoms with Crippen LogP contribution in [0.5, 0.6) is 0 Å². The Hall–Kier alpha value is -2.62. The maximum Gasteiger partial charge on any atom is 0.408 e. The van der Waals surface area contributed by atoms with E-state index in [1.54, 1.807) is 20.8 Å². The molecule has 21 heavy (non-hydrogen) atoms. The van der Waals surface area contributed by atoms with Crippen LogP contribution >= 0.6 is 0 Å². The minimum absolute atomic E-state index is 0.0376. The first-order chi connectivity index (χ1) is 9.71. The summed E-state index contributed by atoms with van der Waals surface area (Å²) in [7, 11) is 0. The van der Waals surface area contributed by atoms with E-state index in [0.717, 1.165) is 0 Å². The normalized spacial score (nSPS) is 12.1. The first-order valence-electron chi connectivity index (χ1n) is 6.28. The Balaban J connectivity index is 2.77. The van der Waals surface area contributed by atoms with Crippen LogP contribution in [0.25, 0.3) is 0 Å². The Morgan fingerprint density at radius 1 is 1.52 bits per heavy atom. The summed E-state index contributed by atoms with van der Waals surface area (Å²) in [5.74, 6) is -1.20. The predicted octanol–water partition coefficient (Wildman–Crippen LogP) is 1.47. The van der Waals surface area contributed by atoms with Crippen molar-refractivity contribution in [1.82, 2.24) is 10.3 Å². The van der Waals surface area contributed by atoms with Crippen molar-refractivity contribution in [3.63, 3.8) is 0 Å². The van der Waals surface area contributed by atoms with Crippen LogP contribution in [0.15, 0.2) is 18.3 Å². The number of aliphatic carboxylic acids is 1. The molecule has 7 nitrogen and oxygen atoms in total. The minimum atomic E-state index is -1.20. The number of nitriles is 1. The highest BCUT2D eigenvalue weighted by atomic mass is 16.6. The highest BCUT2D eigenvalue weighted by Crippen LogP contribution is 2.08. The van der Waals surface area contributed by atoms with Crippen molar-refractivity contribution in [2.24, 2.45) is 0 Å². The van der Waals surface area contributed by atoms with Gasteiger partial charge in [-0.05, 0) is 32.9 Å². The number of pyridine rings is 1. The molecule has 1 aromatic rings. The van der Waals surface area contributed by atoms with Crippen LogP contribution in [0.4, 0.5) is 4.79 Å². The summed E-state index contributed by atoms with van der Waals surface area (Å²) < 4.78 is 5.01. The van der Waals surface area contributed by atoms with Crippen molar-refractivity contribution in [2.75, 3.05) is 0 Å². The van der Waals surface area contributed by atoms with Gasteiger partial charge in [0.2, 0.25) is 0 Å². The molecule has 0 saturated carbocycles. The average molecular weight is 291 g/mol. The van der Waals surface area contributed by atoms with Crippen molar-refractivity contribution in [3.05, 3.63) is 29.6 Å². The van der Waals surface area contributed by atoms with Gasteiger partial charge in [-0.15, -0.1) is 0 Å². The van der Waals surface area contributed by atoms with E-state index in [4.69, 9.17) is 15.1 Å². The summed E-state index contributed by atoms with van der Waals surface area (Å²) >= 11 is 0. The summed E-state index contributed by atoms with van der Waals surface area (Å²) in [5.41, 5.74) is 0.0606. The van der Waals surface area contributed by atoms with Crippen LogP contribution in [-0.4, -0.2) is 33.8 Å². The number of hydrogen-bond acceptors (Lipinski definition) is 5. The van der Waals surface area contributed by atoms with Gasteiger partial charge in [-0.1, -0.05) is 0 Å². The lowest BCUT2D eigenvalue weighted by atomic mass is 10.1. The lowest BCUT2D eigenvalue weighted by Gasteiger charge is -2.21. The largest absolute Gasteiger partial charge is 0.480 e. The van der Waals surface area contributed by atoms with Gasteiger partial charge in [0.25, 0.3) is 0 Å². The van der Waals surface area contributed by atoms with Gasteiger partial charge in [-0.3, -0.25) is 4.98 Å². The van der Waals surface area contributed by atoms with Crippen molar-refractivity contribution in [1.29, 1.82) is 5.26 Å². The van der Waals surface area contributed by atoms with Gasteiger partial charge in [0.15, 0.2) is 0 Å². The monoisotopic (exact) mass is 291 g/mol. The second-order valence-corrected chi connectivity index (χ2v) is 5.39. The maximum atomic E-state index is 11.6. The van der Waals surface area contributed by atoms with Gasteiger partial charge in [-0.2, -0.15) is 5.26 Å². The second kappa shape index (κ2) is 6.70. The van der Waals surface area contributed by atoms with Gasteiger partial charge >= 0.3 is 12.1 Å². The molecule has 0 bridgehead atoms. The number of carboxylic acids is 1. The van der Waals surface area contributed by atoms with Crippen LogP contribution in [0.3, 0.4) is 0 Å². The Morgan fingerprint density at radius 3 is 2.71 bits per heavy atom. The summed E-state index contributed by atoms with van der Waals surface area (Å²) in [4.78, 5) is 26.8. The van der Waals surface area contributed by atoms with E-state index in [1.165, 1.54) is 18.3 Å². The van der Waals surface area contributed by atoms with Gasteiger partial charge in [0.05, 0.1) is 11.6 Å². The van der Waals surface area contributed by atoms with Gasteiger partial charge in [0.1, 0.15) is 11.6 Å². The number of alkyl carbamates (subject to hydrolysis) is 1. The molecule has 1 amide bonds. The van der Waals surface area contributed by atoms with Gasteiger partial charge in [0, 0.05) is 18.3 Å². The van der Waals surface area contributed by atoms with E-state index < -0.39 is 23.7 Å². The number of carboxylic acid groups (broad SMARTS) is 1. The number of amides is 1. The average Bonchev–Trinajstić information content (AvgIpc) is 2.36. The highest BCUT2D eigenvalue weighted by molar-refractivity contribution is 5.80. The number of carbonyl (C=O) groups is 2. The molecule has 7 heteroatoms. The van der Waals surface area contributed by atoms with Crippen LogP contribution in [0, 0.1) is 11.3 Å². The lowest BCUT2D eigenvalue weighted by Crippen LogP contribution is -2.44. The number of carbonyl (C=O) groups excluding carboxylic acids is 1. The molecular weight excluding hydrogens is 274 g/mol. The van der Waals surface area contributed by atoms with E-state index in [-0.39, 0.29) is 6.42 Å². The van der Waals surface area contributed by atoms with Crippen LogP contribution in [0.1, 0.15) is 32.0 Å². The summed E-state index contributed by atoms with van der Waals surface area (Å²) in [6, 6.07) is 3.76. The van der Waals surface area contributed by atoms with Crippen LogP contribution < -0.4 is 5.32 Å². The van der Waals surface area contributed by atoms with Crippen molar-refractivity contribution in [3.8, 4) is 6.07 Å². The first kappa shape index (κ1) is 16.4. The molecule has 112 valence electrons. The molecular formula is C14H17N3O4. The molecule has 1 heterocycles. The molecule has 0 radical (unpaired) electrons. The number of hydrogen-bond donors (Lipinski definition) is 2. The third kappa shape index (κ3) is 5.91. The summed E-state index contributed by atoms with van der Waals surface area (Å²) in [6.45, 7) is 5.04. The minimum Gasteiger partial charge on any atom is -0.480 e. The predicted molar refractivity (Wildman–Crippen MR) is 73.4 cm³/mol. The number of aromatic nitrogens is 1. The molecule has 0 fully saturated rings. The van der Waals surface area contributed by atoms with E-state index in [1.807, 2.05) is 6.07 Å². The fourth-order valence-corrected chi connectivity index (χ4v) is 1.52. The van der Waals surface area contributed by atoms with E-state index in [0.29, 0.717) is 11.3 Å². The molecule has 0 aliphatic rings. The second-order valence-electron chi connectivity index (χ2n) is 5.39. The fourth-order valence-electron chi connectivity index (χ4n) is 1.52. The smallest absolute Gasteiger partial charge is 0.408 e. The van der Waals surface area contributed by atoms with E-state index in [9.17, 15) is 9.59 Å². The molecule has 0 aromatic carbocycles.